The van der Waals surface area contributed by atoms with Crippen molar-refractivity contribution in [1.29, 1.82) is 0 Å². The van der Waals surface area contributed by atoms with E-state index in [0.717, 1.165) is 51.2 Å². The molecule has 3 N–H and O–H groups in total. The summed E-state index contributed by atoms with van der Waals surface area (Å²) in [6.45, 7) is 25.6. The van der Waals surface area contributed by atoms with E-state index in [2.05, 4.69) is 93.5 Å². The zero-order valence-corrected chi connectivity index (χ0v) is 27.9. The minimum absolute atomic E-state index is 0.0165. The predicted octanol–water partition coefficient (Wildman–Crippen LogP) is 10.1. The largest absolute Gasteiger partial charge is 0.483 e. The van der Waals surface area contributed by atoms with E-state index in [1.807, 2.05) is 55.5 Å². The third kappa shape index (κ3) is 9.77. The molecule has 0 heterocycles. The quantitative estimate of drug-likeness (QED) is 0.0915. The number of allylic oxidation sites excluding steroid dienone is 4. The van der Waals surface area contributed by atoms with Crippen molar-refractivity contribution < 1.29 is 9.47 Å². The lowest BCUT2D eigenvalue weighted by Gasteiger charge is -2.23. The highest BCUT2D eigenvalue weighted by atomic mass is 16.5. The Morgan fingerprint density at radius 2 is 1.73 bits per heavy atom. The van der Waals surface area contributed by atoms with Crippen molar-refractivity contribution in [3.63, 3.8) is 0 Å². The van der Waals surface area contributed by atoms with Gasteiger partial charge in [0.1, 0.15) is 17.3 Å². The van der Waals surface area contributed by atoms with Crippen LogP contribution < -0.4 is 20.7 Å². The fourth-order valence-corrected chi connectivity index (χ4v) is 4.44. The molecule has 0 saturated heterocycles. The molecule has 0 fully saturated rings. The van der Waals surface area contributed by atoms with Crippen LogP contribution in [0.1, 0.15) is 53.5 Å². The van der Waals surface area contributed by atoms with Crippen molar-refractivity contribution in [3.8, 4) is 11.5 Å². The van der Waals surface area contributed by atoms with Gasteiger partial charge < -0.3 is 25.4 Å². The summed E-state index contributed by atoms with van der Waals surface area (Å²) in [4.78, 5) is 4.25. The van der Waals surface area contributed by atoms with E-state index >= 15 is 0 Å². The first kappa shape index (κ1) is 34.5. The minimum Gasteiger partial charge on any atom is -0.483 e. The Morgan fingerprint density at radius 3 is 2.38 bits per heavy atom. The summed E-state index contributed by atoms with van der Waals surface area (Å²) >= 11 is 0. The second-order valence-corrected chi connectivity index (χ2v) is 11.6. The predicted molar refractivity (Wildman–Crippen MR) is 193 cm³/mol. The van der Waals surface area contributed by atoms with E-state index in [1.165, 1.54) is 11.1 Å². The van der Waals surface area contributed by atoms with E-state index in [1.54, 1.807) is 25.6 Å². The number of ether oxygens (including phenoxy) is 2. The number of aliphatic imine (C=N–C) groups is 1. The van der Waals surface area contributed by atoms with E-state index in [0.29, 0.717) is 18.2 Å². The Kier molecular flexibility index (Phi) is 12.4. The lowest BCUT2D eigenvalue weighted by Crippen LogP contribution is -2.24. The van der Waals surface area contributed by atoms with Crippen LogP contribution in [-0.4, -0.2) is 19.9 Å². The lowest BCUT2D eigenvalue weighted by atomic mass is 9.86. The standard InChI is InChI=1S/C39H48N4O2/c1-11-30(25-40-13-3)32-17-16-18-33(24-32)45-38-22-21-36(34-19-14-15-20-35(34)38)42-28(5)43-37(23-27(4)39(7,8)9)31(12-2)26-41-29(6)44-10/h11,13-25,41-43H,1,5-6,12,26H2,2-4,7-10H3/b27-23+,30-25+,37-31+,40-13?. The topological polar surface area (TPSA) is 66.9 Å². The fourth-order valence-electron chi connectivity index (χ4n) is 4.44. The summed E-state index contributed by atoms with van der Waals surface area (Å²) in [5.41, 5.74) is 6.23. The smallest absolute Gasteiger partial charge is 0.179 e. The van der Waals surface area contributed by atoms with Crippen molar-refractivity contribution >= 4 is 28.2 Å². The highest BCUT2D eigenvalue weighted by Crippen LogP contribution is 2.35. The molecule has 6 heteroatoms. The zero-order chi connectivity index (χ0) is 33.0. The van der Waals surface area contributed by atoms with Gasteiger partial charge >= 0.3 is 0 Å². The van der Waals surface area contributed by atoms with Gasteiger partial charge in [-0.2, -0.15) is 0 Å². The molecule has 236 valence electrons. The molecule has 3 rings (SSSR count). The van der Waals surface area contributed by atoms with Gasteiger partial charge in [0, 0.05) is 41.1 Å². The van der Waals surface area contributed by atoms with Crippen LogP contribution >= 0.6 is 0 Å². The number of methoxy groups -OCH3 is 1. The molecule has 0 spiro atoms. The van der Waals surface area contributed by atoms with Crippen molar-refractivity contribution in [2.75, 3.05) is 19.0 Å². The molecule has 3 aromatic rings. The van der Waals surface area contributed by atoms with Gasteiger partial charge in [-0.15, -0.1) is 0 Å². The molecule has 6 nitrogen and oxygen atoms in total. The Bertz CT molecular complexity index is 1650. The Balaban J connectivity index is 1.93. The molecular weight excluding hydrogens is 556 g/mol. The van der Waals surface area contributed by atoms with Gasteiger partial charge in [0.25, 0.3) is 0 Å². The van der Waals surface area contributed by atoms with Gasteiger partial charge in [-0.05, 0) is 79.3 Å². The molecule has 0 aliphatic carbocycles. The molecule has 0 saturated carbocycles. The first-order valence-electron chi connectivity index (χ1n) is 15.2. The molecule has 3 aromatic carbocycles. The Hall–Kier alpha value is -4.97. The average Bonchev–Trinajstić information content (AvgIpc) is 3.02. The molecule has 0 aliphatic rings. The summed E-state index contributed by atoms with van der Waals surface area (Å²) in [6.07, 6.45) is 8.37. The molecule has 0 amide bonds. The van der Waals surface area contributed by atoms with Gasteiger partial charge in [-0.3, -0.25) is 4.99 Å². The van der Waals surface area contributed by atoms with Crippen molar-refractivity contribution in [1.82, 2.24) is 10.6 Å². The fraction of sp³-hybridized carbons (Fsp3) is 0.256. The number of anilines is 1. The van der Waals surface area contributed by atoms with E-state index < -0.39 is 0 Å². The Morgan fingerprint density at radius 1 is 1.00 bits per heavy atom. The number of hydrogen-bond donors (Lipinski definition) is 3. The van der Waals surface area contributed by atoms with Crippen LogP contribution in [0.15, 0.2) is 132 Å². The monoisotopic (exact) mass is 604 g/mol. The van der Waals surface area contributed by atoms with Gasteiger partial charge in [0.2, 0.25) is 0 Å². The summed E-state index contributed by atoms with van der Waals surface area (Å²) < 4.78 is 11.7. The molecular formula is C39H48N4O2. The van der Waals surface area contributed by atoms with Gasteiger partial charge in [-0.25, -0.2) is 0 Å². The van der Waals surface area contributed by atoms with Crippen LogP contribution in [0.3, 0.4) is 0 Å². The van der Waals surface area contributed by atoms with Gasteiger partial charge in [0.15, 0.2) is 5.88 Å². The number of fused-ring (bicyclic) bond motifs is 1. The number of nitrogens with zero attached hydrogens (tertiary/aromatic N) is 1. The number of benzene rings is 3. The summed E-state index contributed by atoms with van der Waals surface area (Å²) in [6, 6.07) is 20.1. The number of nitrogens with one attached hydrogen (secondary N) is 3. The normalized spacial score (nSPS) is 12.9. The van der Waals surface area contributed by atoms with E-state index in [4.69, 9.17) is 9.47 Å². The third-order valence-corrected chi connectivity index (χ3v) is 7.53. The highest BCUT2D eigenvalue weighted by Gasteiger charge is 2.15. The molecule has 0 atom stereocenters. The van der Waals surface area contributed by atoms with Crippen molar-refractivity contribution in [3.05, 3.63) is 133 Å². The maximum Gasteiger partial charge on any atom is 0.179 e. The van der Waals surface area contributed by atoms with Gasteiger partial charge in [-0.1, -0.05) is 88.9 Å². The van der Waals surface area contributed by atoms with Crippen LogP contribution in [0.5, 0.6) is 11.5 Å². The molecule has 0 unspecified atom stereocenters. The average molecular weight is 605 g/mol. The maximum atomic E-state index is 6.43. The van der Waals surface area contributed by atoms with E-state index in [-0.39, 0.29) is 5.41 Å². The number of hydrogen-bond acceptors (Lipinski definition) is 6. The first-order valence-corrected chi connectivity index (χ1v) is 15.2. The van der Waals surface area contributed by atoms with Crippen molar-refractivity contribution in [2.45, 2.75) is 48.0 Å². The third-order valence-electron chi connectivity index (χ3n) is 7.53. The second-order valence-electron chi connectivity index (χ2n) is 11.6. The first-order chi connectivity index (χ1) is 21.5. The lowest BCUT2D eigenvalue weighted by molar-refractivity contribution is 0.266. The highest BCUT2D eigenvalue weighted by molar-refractivity contribution is 5.98. The van der Waals surface area contributed by atoms with Gasteiger partial charge in [0.05, 0.1) is 7.11 Å². The molecule has 45 heavy (non-hydrogen) atoms. The minimum atomic E-state index is 0.0165. The maximum absolute atomic E-state index is 6.43. The van der Waals surface area contributed by atoms with E-state index in [9.17, 15) is 0 Å². The number of rotatable bonds is 15. The molecule has 0 radical (unpaired) electrons. The van der Waals surface area contributed by atoms with Crippen LogP contribution in [-0.2, 0) is 4.74 Å². The second kappa shape index (κ2) is 16.2. The summed E-state index contributed by atoms with van der Waals surface area (Å²) in [5, 5.41) is 12.3. The summed E-state index contributed by atoms with van der Waals surface area (Å²) in [5.74, 6) is 2.66. The molecule has 0 bridgehead atoms. The van der Waals surface area contributed by atoms with Crippen LogP contribution in [0.4, 0.5) is 5.69 Å². The Labute approximate surface area is 269 Å². The molecule has 0 aromatic heterocycles. The van der Waals surface area contributed by atoms with Crippen LogP contribution in [0.2, 0.25) is 0 Å². The van der Waals surface area contributed by atoms with Crippen molar-refractivity contribution in [2.24, 2.45) is 10.4 Å². The van der Waals surface area contributed by atoms with Crippen LogP contribution in [0.25, 0.3) is 16.3 Å². The summed E-state index contributed by atoms with van der Waals surface area (Å²) in [7, 11) is 1.61. The van der Waals surface area contributed by atoms with Crippen LogP contribution in [0, 0.1) is 5.41 Å². The SMILES string of the molecule is C=C/C(=C\N=CC)c1cccc(Oc2ccc(NC(=C)NC(/C=C(\C)C(C)(C)C)=C(\CC)CNC(=C)OC)c3ccccc23)c1. The molecule has 0 aliphatic heterocycles. The zero-order valence-electron chi connectivity index (χ0n) is 27.9.